The number of hydrogen-bond acceptors (Lipinski definition) is 4. The molecule has 5 nitrogen and oxygen atoms in total. The van der Waals surface area contributed by atoms with E-state index in [2.05, 4.69) is 6.92 Å². The highest BCUT2D eigenvalue weighted by Crippen LogP contribution is 2.42. The highest BCUT2D eigenvalue weighted by Gasteiger charge is 2.59. The summed E-state index contributed by atoms with van der Waals surface area (Å²) in [4.78, 5) is 33.3. The molecule has 2 heterocycles. The molecule has 0 aromatic heterocycles. The molecule has 0 unspecified atom stereocenters. The lowest BCUT2D eigenvalue weighted by Crippen LogP contribution is -2.40. The average molecular weight is 405 g/mol. The molecular weight excluding hydrogens is 387 g/mol. The van der Waals surface area contributed by atoms with E-state index in [0.29, 0.717) is 15.7 Å². The van der Waals surface area contributed by atoms with Gasteiger partial charge in [0.05, 0.1) is 33.4 Å². The smallest absolute Gasteiger partial charge is 0.266 e. The van der Waals surface area contributed by atoms with Gasteiger partial charge >= 0.3 is 0 Å². The van der Waals surface area contributed by atoms with Gasteiger partial charge in [0, 0.05) is 0 Å². The van der Waals surface area contributed by atoms with Crippen LogP contribution in [0.3, 0.4) is 0 Å². The van der Waals surface area contributed by atoms with Crippen LogP contribution in [0.2, 0.25) is 10.0 Å². The molecule has 0 N–H and O–H groups in total. The Morgan fingerprint density at radius 2 is 1.70 bits per heavy atom. The van der Waals surface area contributed by atoms with E-state index >= 15 is 0 Å². The number of benzene rings is 2. The Labute approximate surface area is 167 Å². The largest absolute Gasteiger partial charge is 0.273 e. The van der Waals surface area contributed by atoms with Crippen LogP contribution in [0.5, 0.6) is 0 Å². The molecule has 4 rings (SSSR count). The van der Waals surface area contributed by atoms with E-state index in [4.69, 9.17) is 28.0 Å². The van der Waals surface area contributed by atoms with Crippen LogP contribution < -0.4 is 9.96 Å². The zero-order valence-corrected chi connectivity index (χ0v) is 16.2. The van der Waals surface area contributed by atoms with Gasteiger partial charge in [-0.15, -0.1) is 0 Å². The normalized spacial score (nSPS) is 24.6. The molecule has 2 aromatic rings. The number of carbonyl (C=O) groups is 2. The fourth-order valence-electron chi connectivity index (χ4n) is 3.79. The molecule has 7 heteroatoms. The predicted octanol–water partition coefficient (Wildman–Crippen LogP) is 4.47. The Kier molecular flexibility index (Phi) is 4.84. The topological polar surface area (TPSA) is 49.9 Å². The quantitative estimate of drug-likeness (QED) is 0.705. The molecule has 2 aromatic carbocycles. The fourth-order valence-corrected chi connectivity index (χ4v) is 4.08. The van der Waals surface area contributed by atoms with Crippen LogP contribution in [0.15, 0.2) is 48.5 Å². The van der Waals surface area contributed by atoms with Crippen LogP contribution in [0.1, 0.15) is 19.8 Å². The number of carbonyl (C=O) groups excluding carboxylic acids is 2. The number of imide groups is 1. The van der Waals surface area contributed by atoms with Gasteiger partial charge in [-0.25, -0.2) is 9.96 Å². The maximum absolute atomic E-state index is 13.2. The van der Waals surface area contributed by atoms with Crippen molar-refractivity contribution in [2.75, 3.05) is 9.96 Å². The Morgan fingerprint density at radius 1 is 0.963 bits per heavy atom. The molecule has 2 fully saturated rings. The van der Waals surface area contributed by atoms with Gasteiger partial charge in [0.25, 0.3) is 5.91 Å². The average Bonchev–Trinajstić information content (AvgIpc) is 3.15. The molecule has 2 amide bonds. The SMILES string of the molecule is CCC[C@H]1[C@H]2C(=O)N(c3ccc(Cl)c(Cl)c3)C(=O)[C@H]2ON1c1ccccc1. The monoisotopic (exact) mass is 404 g/mol. The number of anilines is 2. The lowest BCUT2D eigenvalue weighted by atomic mass is 9.93. The summed E-state index contributed by atoms with van der Waals surface area (Å²) in [5.74, 6) is -1.18. The van der Waals surface area contributed by atoms with E-state index in [1.807, 2.05) is 30.3 Å². The Bertz CT molecular complexity index is 890. The van der Waals surface area contributed by atoms with E-state index < -0.39 is 12.0 Å². The first-order valence-corrected chi connectivity index (χ1v) is 9.62. The maximum atomic E-state index is 13.2. The summed E-state index contributed by atoms with van der Waals surface area (Å²) in [6.45, 7) is 2.05. The van der Waals surface area contributed by atoms with E-state index in [-0.39, 0.29) is 17.9 Å². The summed E-state index contributed by atoms with van der Waals surface area (Å²) in [5.41, 5.74) is 1.26. The van der Waals surface area contributed by atoms with Gasteiger partial charge in [-0.2, -0.15) is 0 Å². The van der Waals surface area contributed by atoms with Crippen molar-refractivity contribution >= 4 is 46.4 Å². The summed E-state index contributed by atoms with van der Waals surface area (Å²) in [6, 6.07) is 14.1. The second-order valence-electron chi connectivity index (χ2n) is 6.68. The lowest BCUT2D eigenvalue weighted by Gasteiger charge is -2.28. The Morgan fingerprint density at radius 3 is 2.37 bits per heavy atom. The van der Waals surface area contributed by atoms with Crippen LogP contribution >= 0.6 is 23.2 Å². The number of amides is 2. The van der Waals surface area contributed by atoms with Gasteiger partial charge < -0.3 is 0 Å². The molecule has 140 valence electrons. The van der Waals surface area contributed by atoms with Gasteiger partial charge in [-0.1, -0.05) is 54.7 Å². The first-order chi connectivity index (χ1) is 13.0. The minimum absolute atomic E-state index is 0.202. The van der Waals surface area contributed by atoms with Crippen molar-refractivity contribution in [3.63, 3.8) is 0 Å². The molecule has 0 aliphatic carbocycles. The third-order valence-electron chi connectivity index (χ3n) is 4.99. The van der Waals surface area contributed by atoms with Crippen LogP contribution in [0.25, 0.3) is 0 Å². The number of hydrogen-bond donors (Lipinski definition) is 0. The Hall–Kier alpha value is -2.08. The van der Waals surface area contributed by atoms with Crippen molar-refractivity contribution in [3.8, 4) is 0 Å². The number of hydroxylamine groups is 1. The fraction of sp³-hybridized carbons (Fsp3) is 0.300. The van der Waals surface area contributed by atoms with Gasteiger partial charge in [-0.3, -0.25) is 14.4 Å². The van der Waals surface area contributed by atoms with Crippen molar-refractivity contribution in [1.82, 2.24) is 0 Å². The molecule has 2 aliphatic rings. The molecule has 0 radical (unpaired) electrons. The van der Waals surface area contributed by atoms with E-state index in [1.165, 1.54) is 11.0 Å². The first-order valence-electron chi connectivity index (χ1n) is 8.87. The highest BCUT2D eigenvalue weighted by atomic mass is 35.5. The molecule has 0 spiro atoms. The number of nitrogens with zero attached hydrogens (tertiary/aromatic N) is 2. The van der Waals surface area contributed by atoms with Gasteiger partial charge in [0.1, 0.15) is 0 Å². The van der Waals surface area contributed by atoms with Crippen molar-refractivity contribution in [2.45, 2.75) is 31.9 Å². The zero-order chi connectivity index (χ0) is 19.1. The molecule has 27 heavy (non-hydrogen) atoms. The minimum Gasteiger partial charge on any atom is -0.273 e. The summed E-state index contributed by atoms with van der Waals surface area (Å²) >= 11 is 12.0. The first kappa shape index (κ1) is 18.3. The van der Waals surface area contributed by atoms with Crippen molar-refractivity contribution in [1.29, 1.82) is 0 Å². The number of rotatable bonds is 4. The molecule has 0 saturated carbocycles. The van der Waals surface area contributed by atoms with Crippen LogP contribution in [-0.2, 0) is 14.4 Å². The van der Waals surface area contributed by atoms with Crippen molar-refractivity contribution < 1.29 is 14.4 Å². The number of para-hydroxylation sites is 1. The van der Waals surface area contributed by atoms with E-state index in [9.17, 15) is 9.59 Å². The summed E-state index contributed by atoms with van der Waals surface area (Å²) in [7, 11) is 0. The molecule has 2 aliphatic heterocycles. The number of fused-ring (bicyclic) bond motifs is 1. The van der Waals surface area contributed by atoms with Gasteiger partial charge in [-0.05, 0) is 36.8 Å². The van der Waals surface area contributed by atoms with Gasteiger partial charge in [0.2, 0.25) is 5.91 Å². The second-order valence-corrected chi connectivity index (χ2v) is 7.49. The zero-order valence-electron chi connectivity index (χ0n) is 14.6. The Balaban J connectivity index is 1.68. The summed E-state index contributed by atoms with van der Waals surface area (Å²) < 4.78 is 0. The molecular formula is C20H18Cl2N2O3. The van der Waals surface area contributed by atoms with Crippen molar-refractivity contribution in [3.05, 3.63) is 58.6 Å². The van der Waals surface area contributed by atoms with E-state index in [1.54, 1.807) is 17.2 Å². The predicted molar refractivity (Wildman–Crippen MR) is 105 cm³/mol. The van der Waals surface area contributed by atoms with E-state index in [0.717, 1.165) is 18.5 Å². The van der Waals surface area contributed by atoms with Crippen LogP contribution in [-0.4, -0.2) is 24.0 Å². The minimum atomic E-state index is -0.830. The lowest BCUT2D eigenvalue weighted by molar-refractivity contribution is -0.126. The highest BCUT2D eigenvalue weighted by molar-refractivity contribution is 6.42. The third kappa shape index (κ3) is 3.00. The van der Waals surface area contributed by atoms with Crippen molar-refractivity contribution in [2.24, 2.45) is 5.92 Å². The maximum Gasteiger partial charge on any atom is 0.266 e. The number of halogens is 2. The second kappa shape index (κ2) is 7.15. The molecule has 2 saturated heterocycles. The summed E-state index contributed by atoms with van der Waals surface area (Å²) in [5, 5.41) is 2.39. The van der Waals surface area contributed by atoms with Crippen LogP contribution in [0, 0.1) is 5.92 Å². The summed E-state index contributed by atoms with van der Waals surface area (Å²) in [6.07, 6.45) is 0.780. The van der Waals surface area contributed by atoms with Gasteiger partial charge in [0.15, 0.2) is 6.10 Å². The third-order valence-corrected chi connectivity index (χ3v) is 5.73. The standard InChI is InChI=1S/C20H18Cl2N2O3/c1-2-6-16-17-18(27-24(16)12-7-4-3-5-8-12)20(26)23(19(17)25)13-9-10-14(21)15(22)11-13/h3-5,7-11,16-18H,2,6H2,1H3/t16-,17+,18-/m0/s1. The molecule has 3 atom stereocenters. The molecule has 0 bridgehead atoms. The van der Waals surface area contributed by atoms with Crippen LogP contribution in [0.4, 0.5) is 11.4 Å².